The fourth-order valence-electron chi connectivity index (χ4n) is 3.54. The third-order valence-corrected chi connectivity index (χ3v) is 4.93. The van der Waals surface area contributed by atoms with Crippen LogP contribution in [0, 0.1) is 0 Å². The van der Waals surface area contributed by atoms with Crippen molar-refractivity contribution in [1.82, 2.24) is 0 Å². The summed E-state index contributed by atoms with van der Waals surface area (Å²) < 4.78 is 46.4. The molecule has 1 aliphatic rings. The summed E-state index contributed by atoms with van der Waals surface area (Å²) in [4.78, 5) is 24.5. The Balaban J connectivity index is 1.77. The molecule has 1 heterocycles. The lowest BCUT2D eigenvalue weighted by molar-refractivity contribution is -0.274. The van der Waals surface area contributed by atoms with E-state index < -0.39 is 18.1 Å². The van der Waals surface area contributed by atoms with Crippen molar-refractivity contribution in [2.75, 3.05) is 12.4 Å². The molecule has 0 saturated heterocycles. The number of alkyl halides is 3. The average Bonchev–Trinajstić information content (AvgIpc) is 3.02. The molecule has 31 heavy (non-hydrogen) atoms. The van der Waals surface area contributed by atoms with Gasteiger partial charge in [-0.25, -0.2) is 0 Å². The first-order valence-corrected chi connectivity index (χ1v) is 9.26. The van der Waals surface area contributed by atoms with Crippen LogP contribution >= 0.6 is 0 Å². The Morgan fingerprint density at radius 2 is 1.52 bits per heavy atom. The fraction of sp³-hybridized carbons (Fsp3) is 0.130. The summed E-state index contributed by atoms with van der Waals surface area (Å²) in [5, 5.41) is 2.55. The molecule has 0 fully saturated rings. The van der Waals surface area contributed by atoms with E-state index in [0.29, 0.717) is 34.5 Å². The minimum atomic E-state index is -4.78. The summed E-state index contributed by atoms with van der Waals surface area (Å²) in [6.07, 6.45) is -4.45. The number of fused-ring (bicyclic) bond motifs is 1. The molecule has 0 spiro atoms. The van der Waals surface area contributed by atoms with Crippen molar-refractivity contribution in [3.05, 3.63) is 77.4 Å². The lowest BCUT2D eigenvalue weighted by atomic mass is 9.89. The zero-order valence-electron chi connectivity index (χ0n) is 16.2. The summed E-state index contributed by atoms with van der Waals surface area (Å²) in [5.41, 5.74) is 3.40. The maximum Gasteiger partial charge on any atom is 0.573 e. The highest BCUT2D eigenvalue weighted by Gasteiger charge is 2.33. The van der Waals surface area contributed by atoms with Gasteiger partial charge in [0.15, 0.2) is 0 Å². The van der Waals surface area contributed by atoms with Crippen molar-refractivity contribution in [1.29, 1.82) is 0 Å². The second kappa shape index (κ2) is 7.79. The van der Waals surface area contributed by atoms with Gasteiger partial charge in [0.1, 0.15) is 11.5 Å². The summed E-state index contributed by atoms with van der Waals surface area (Å²) >= 11 is 0. The van der Waals surface area contributed by atoms with E-state index in [-0.39, 0.29) is 11.3 Å². The van der Waals surface area contributed by atoms with Crippen molar-refractivity contribution in [2.24, 2.45) is 0 Å². The normalized spacial score (nSPS) is 13.0. The van der Waals surface area contributed by atoms with Crippen LogP contribution in [0.15, 0.2) is 60.7 Å². The molecule has 1 amide bonds. The second-order valence-corrected chi connectivity index (χ2v) is 6.89. The van der Waals surface area contributed by atoms with Gasteiger partial charge in [-0.05, 0) is 59.0 Å². The van der Waals surface area contributed by atoms with Gasteiger partial charge in [0.05, 0.1) is 18.4 Å². The molecule has 0 bridgehead atoms. The van der Waals surface area contributed by atoms with Gasteiger partial charge in [-0.15, -0.1) is 13.2 Å². The Morgan fingerprint density at radius 1 is 0.871 bits per heavy atom. The van der Waals surface area contributed by atoms with Crippen LogP contribution in [0.4, 0.5) is 18.9 Å². The fourth-order valence-corrected chi connectivity index (χ4v) is 3.54. The number of halogens is 3. The number of methoxy groups -OCH3 is 1. The van der Waals surface area contributed by atoms with Crippen LogP contribution in [0.2, 0.25) is 0 Å². The largest absolute Gasteiger partial charge is 0.573 e. The van der Waals surface area contributed by atoms with Crippen LogP contribution in [0.3, 0.4) is 0 Å². The van der Waals surface area contributed by atoms with E-state index >= 15 is 0 Å². The summed E-state index contributed by atoms with van der Waals surface area (Å²) in [6.45, 7) is 0. The predicted octanol–water partition coefficient (Wildman–Crippen LogP) is 4.99. The van der Waals surface area contributed by atoms with Gasteiger partial charge in [0.2, 0.25) is 0 Å². The van der Waals surface area contributed by atoms with Gasteiger partial charge < -0.3 is 14.8 Å². The smallest absolute Gasteiger partial charge is 0.497 e. The second-order valence-electron chi connectivity index (χ2n) is 6.89. The number of carbonyl (C=O) groups is 2. The zero-order chi connectivity index (χ0) is 22.2. The van der Waals surface area contributed by atoms with Gasteiger partial charge in [0.25, 0.3) is 11.7 Å². The Bertz CT molecular complexity index is 1150. The summed E-state index contributed by atoms with van der Waals surface area (Å²) in [5.74, 6) is -1.02. The maximum atomic E-state index is 12.5. The predicted molar refractivity (Wildman–Crippen MR) is 107 cm³/mol. The molecule has 0 radical (unpaired) electrons. The molecule has 4 rings (SSSR count). The number of ketones is 1. The first-order valence-electron chi connectivity index (χ1n) is 9.26. The molecule has 0 saturated carbocycles. The van der Waals surface area contributed by atoms with Gasteiger partial charge in [-0.2, -0.15) is 0 Å². The molecule has 3 aromatic carbocycles. The third kappa shape index (κ3) is 4.23. The number of Topliss-reactive ketones (excluding diaryl/α,β-unsaturated/α-hetero) is 1. The molecule has 8 heteroatoms. The van der Waals surface area contributed by atoms with E-state index in [1.807, 2.05) is 12.1 Å². The van der Waals surface area contributed by atoms with Crippen molar-refractivity contribution < 1.29 is 32.2 Å². The maximum absolute atomic E-state index is 12.5. The molecule has 0 atom stereocenters. The zero-order valence-corrected chi connectivity index (χ0v) is 16.2. The summed E-state index contributed by atoms with van der Waals surface area (Å²) in [6, 6.07) is 16.0. The number of hydrogen-bond donors (Lipinski definition) is 1. The lowest BCUT2D eigenvalue weighted by Crippen LogP contribution is -2.16. The standard InChI is InChI=1S/C23H16F3NO4/c1-30-15-6-2-13(3-7-15)12-18-17(10-11-19-20(18)21(28)22(29)27-19)14-4-8-16(9-5-14)31-23(24,25)26/h2-11H,12H2,1H3,(H,27,28,29). The lowest BCUT2D eigenvalue weighted by Gasteiger charge is -2.15. The molecular weight excluding hydrogens is 411 g/mol. The number of anilines is 1. The molecule has 3 aromatic rings. The van der Waals surface area contributed by atoms with Crippen molar-refractivity contribution >= 4 is 17.4 Å². The van der Waals surface area contributed by atoms with Crippen molar-refractivity contribution in [3.63, 3.8) is 0 Å². The molecule has 0 unspecified atom stereocenters. The Hall–Kier alpha value is -3.81. The van der Waals surface area contributed by atoms with E-state index in [0.717, 1.165) is 5.56 Å². The highest BCUT2D eigenvalue weighted by molar-refractivity contribution is 6.52. The van der Waals surface area contributed by atoms with Crippen LogP contribution in [-0.4, -0.2) is 25.2 Å². The molecule has 158 valence electrons. The first kappa shape index (κ1) is 20.5. The minimum Gasteiger partial charge on any atom is -0.497 e. The van der Waals surface area contributed by atoms with E-state index in [9.17, 15) is 22.8 Å². The van der Waals surface area contributed by atoms with Crippen LogP contribution in [0.25, 0.3) is 11.1 Å². The Labute approximate surface area is 175 Å². The van der Waals surface area contributed by atoms with Gasteiger partial charge >= 0.3 is 6.36 Å². The topological polar surface area (TPSA) is 64.6 Å². The van der Waals surface area contributed by atoms with Crippen molar-refractivity contribution in [2.45, 2.75) is 12.8 Å². The quantitative estimate of drug-likeness (QED) is 0.583. The van der Waals surface area contributed by atoms with Gasteiger partial charge in [-0.1, -0.05) is 30.3 Å². The SMILES string of the molecule is COc1ccc(Cc2c(-c3ccc(OC(F)(F)F)cc3)ccc3c2C(=O)C(=O)N3)cc1. The molecule has 5 nitrogen and oxygen atoms in total. The average molecular weight is 427 g/mol. The summed E-state index contributed by atoms with van der Waals surface area (Å²) in [7, 11) is 1.55. The molecule has 0 aromatic heterocycles. The number of hydrogen-bond acceptors (Lipinski definition) is 4. The minimum absolute atomic E-state index is 0.272. The van der Waals surface area contributed by atoms with Crippen LogP contribution in [0.1, 0.15) is 21.5 Å². The number of amides is 1. The number of benzene rings is 3. The molecule has 1 aliphatic heterocycles. The number of rotatable bonds is 5. The van der Waals surface area contributed by atoms with Crippen LogP contribution in [-0.2, 0) is 11.2 Å². The van der Waals surface area contributed by atoms with Gasteiger partial charge in [-0.3, -0.25) is 9.59 Å². The van der Waals surface area contributed by atoms with Crippen molar-refractivity contribution in [3.8, 4) is 22.6 Å². The van der Waals surface area contributed by atoms with Crippen LogP contribution in [0.5, 0.6) is 11.5 Å². The third-order valence-electron chi connectivity index (χ3n) is 4.93. The number of nitrogens with one attached hydrogen (secondary N) is 1. The molecular formula is C23H16F3NO4. The first-order chi connectivity index (χ1) is 14.7. The van der Waals surface area contributed by atoms with E-state index in [1.165, 1.54) is 24.3 Å². The molecule has 0 aliphatic carbocycles. The monoisotopic (exact) mass is 427 g/mol. The highest BCUT2D eigenvalue weighted by Crippen LogP contribution is 2.37. The number of carbonyl (C=O) groups excluding carboxylic acids is 2. The van der Waals surface area contributed by atoms with E-state index in [2.05, 4.69) is 10.1 Å². The van der Waals surface area contributed by atoms with Gasteiger partial charge in [0, 0.05) is 0 Å². The highest BCUT2D eigenvalue weighted by atomic mass is 19.4. The van der Waals surface area contributed by atoms with E-state index in [1.54, 1.807) is 31.4 Å². The van der Waals surface area contributed by atoms with Crippen LogP contribution < -0.4 is 14.8 Å². The Kier molecular flexibility index (Phi) is 5.14. The van der Waals surface area contributed by atoms with E-state index in [4.69, 9.17) is 4.74 Å². The molecule has 1 N–H and O–H groups in total. The Morgan fingerprint density at radius 3 is 2.13 bits per heavy atom. The number of ether oxygens (including phenoxy) is 2.